The van der Waals surface area contributed by atoms with E-state index in [9.17, 15) is 4.79 Å². The lowest BCUT2D eigenvalue weighted by atomic mass is 10.1. The predicted octanol–water partition coefficient (Wildman–Crippen LogP) is 3.11. The molecule has 1 heterocycles. The lowest BCUT2D eigenvalue weighted by molar-refractivity contribution is 0.0954. The molecular formula is C19H21N3O2. The molecule has 0 aliphatic rings. The van der Waals surface area contributed by atoms with E-state index < -0.39 is 0 Å². The van der Waals surface area contributed by atoms with Crippen molar-refractivity contribution in [1.29, 1.82) is 0 Å². The van der Waals surface area contributed by atoms with Crippen molar-refractivity contribution < 1.29 is 9.53 Å². The van der Waals surface area contributed by atoms with Crippen LogP contribution in [0.5, 0.6) is 5.75 Å². The quantitative estimate of drug-likeness (QED) is 0.732. The van der Waals surface area contributed by atoms with Crippen molar-refractivity contribution in [2.75, 3.05) is 13.7 Å². The first-order valence-corrected chi connectivity index (χ1v) is 8.08. The zero-order chi connectivity index (χ0) is 16.9. The van der Waals surface area contributed by atoms with E-state index in [1.807, 2.05) is 24.3 Å². The molecule has 0 unspecified atom stereocenters. The van der Waals surface area contributed by atoms with Gasteiger partial charge in [0, 0.05) is 12.1 Å². The lowest BCUT2D eigenvalue weighted by Gasteiger charge is -2.10. The van der Waals surface area contributed by atoms with Gasteiger partial charge in [-0.3, -0.25) is 4.79 Å². The molecule has 5 nitrogen and oxygen atoms in total. The summed E-state index contributed by atoms with van der Waals surface area (Å²) in [4.78, 5) is 19.4. The Morgan fingerprint density at radius 2 is 2.12 bits per heavy atom. The Balaban J connectivity index is 1.60. The first kappa shape index (κ1) is 16.1. The van der Waals surface area contributed by atoms with Gasteiger partial charge in [-0.1, -0.05) is 19.1 Å². The molecule has 0 spiro atoms. The number of hydrogen-bond acceptors (Lipinski definition) is 3. The molecule has 1 aromatic heterocycles. The predicted molar refractivity (Wildman–Crippen MR) is 94.5 cm³/mol. The standard InChI is InChI=1S/C19H21N3O2/c1-3-14-10-13(4-7-18(14)24-2)8-9-20-19(23)15-5-6-16-17(11-15)22-12-21-16/h4-7,10-12H,3,8-9H2,1-2H3,(H,20,23)(H,21,22). The molecule has 2 N–H and O–H groups in total. The topological polar surface area (TPSA) is 67.0 Å². The second kappa shape index (κ2) is 7.17. The molecule has 3 aromatic rings. The maximum absolute atomic E-state index is 12.3. The number of H-pyrrole nitrogens is 1. The van der Waals surface area contributed by atoms with Crippen LogP contribution in [0.1, 0.15) is 28.4 Å². The number of carbonyl (C=O) groups excluding carboxylic acids is 1. The summed E-state index contributed by atoms with van der Waals surface area (Å²) in [6, 6.07) is 11.6. The fourth-order valence-corrected chi connectivity index (χ4v) is 2.76. The number of ether oxygens (including phenoxy) is 1. The average Bonchev–Trinajstić information content (AvgIpc) is 3.09. The third-order valence-corrected chi connectivity index (χ3v) is 4.11. The molecule has 0 saturated heterocycles. The molecule has 0 bridgehead atoms. The van der Waals surface area contributed by atoms with Crippen LogP contribution in [0.25, 0.3) is 11.0 Å². The van der Waals surface area contributed by atoms with E-state index in [2.05, 4.69) is 28.3 Å². The van der Waals surface area contributed by atoms with E-state index in [1.54, 1.807) is 19.5 Å². The van der Waals surface area contributed by atoms with Gasteiger partial charge in [0.05, 0.1) is 24.5 Å². The fraction of sp³-hybridized carbons (Fsp3) is 0.263. The first-order chi connectivity index (χ1) is 11.7. The van der Waals surface area contributed by atoms with Crippen molar-refractivity contribution >= 4 is 16.9 Å². The van der Waals surface area contributed by atoms with Crippen molar-refractivity contribution in [1.82, 2.24) is 15.3 Å². The Labute approximate surface area is 141 Å². The monoisotopic (exact) mass is 323 g/mol. The van der Waals surface area contributed by atoms with Crippen LogP contribution in [-0.4, -0.2) is 29.5 Å². The maximum Gasteiger partial charge on any atom is 0.251 e. The Morgan fingerprint density at radius 1 is 1.25 bits per heavy atom. The number of rotatable bonds is 6. The molecular weight excluding hydrogens is 302 g/mol. The van der Waals surface area contributed by atoms with Gasteiger partial charge in [-0.05, 0) is 48.2 Å². The summed E-state index contributed by atoms with van der Waals surface area (Å²) in [5.41, 5.74) is 4.74. The van der Waals surface area contributed by atoms with Crippen LogP contribution >= 0.6 is 0 Å². The number of nitrogens with one attached hydrogen (secondary N) is 2. The van der Waals surface area contributed by atoms with Crippen LogP contribution in [0.2, 0.25) is 0 Å². The second-order valence-electron chi connectivity index (χ2n) is 5.64. The van der Waals surface area contributed by atoms with Gasteiger partial charge in [0.15, 0.2) is 0 Å². The molecule has 124 valence electrons. The number of nitrogens with zero attached hydrogens (tertiary/aromatic N) is 1. The van der Waals surface area contributed by atoms with Gasteiger partial charge in [-0.25, -0.2) is 4.98 Å². The number of imidazole rings is 1. The molecule has 24 heavy (non-hydrogen) atoms. The molecule has 1 amide bonds. The molecule has 5 heteroatoms. The summed E-state index contributed by atoms with van der Waals surface area (Å²) in [5.74, 6) is 0.842. The van der Waals surface area contributed by atoms with Crippen molar-refractivity contribution in [3.05, 3.63) is 59.4 Å². The van der Waals surface area contributed by atoms with E-state index >= 15 is 0 Å². The highest BCUT2D eigenvalue weighted by atomic mass is 16.5. The molecule has 3 rings (SSSR count). The van der Waals surface area contributed by atoms with Crippen molar-refractivity contribution in [2.24, 2.45) is 0 Å². The third-order valence-electron chi connectivity index (χ3n) is 4.11. The molecule has 0 aliphatic heterocycles. The van der Waals surface area contributed by atoms with Gasteiger partial charge in [-0.2, -0.15) is 0 Å². The van der Waals surface area contributed by atoms with Crippen LogP contribution in [-0.2, 0) is 12.8 Å². The van der Waals surface area contributed by atoms with Crippen molar-refractivity contribution in [3.8, 4) is 5.75 Å². The third kappa shape index (κ3) is 3.40. The summed E-state index contributed by atoms with van der Waals surface area (Å²) in [5, 5.41) is 2.97. The smallest absolute Gasteiger partial charge is 0.251 e. The summed E-state index contributed by atoms with van der Waals surface area (Å²) in [6.07, 6.45) is 3.34. The van der Waals surface area contributed by atoms with Gasteiger partial charge < -0.3 is 15.0 Å². The number of hydrogen-bond donors (Lipinski definition) is 2. The minimum Gasteiger partial charge on any atom is -0.496 e. The molecule has 2 aromatic carbocycles. The van der Waals surface area contributed by atoms with Crippen LogP contribution < -0.4 is 10.1 Å². The number of benzene rings is 2. The number of fused-ring (bicyclic) bond motifs is 1. The Morgan fingerprint density at radius 3 is 2.92 bits per heavy atom. The van der Waals surface area contributed by atoms with E-state index in [0.717, 1.165) is 29.6 Å². The molecule has 0 saturated carbocycles. The summed E-state index contributed by atoms with van der Waals surface area (Å²) >= 11 is 0. The molecule has 0 radical (unpaired) electrons. The highest BCUT2D eigenvalue weighted by molar-refractivity contribution is 5.97. The van der Waals surface area contributed by atoms with Gasteiger partial charge in [0.1, 0.15) is 5.75 Å². The van der Waals surface area contributed by atoms with Crippen LogP contribution in [0.4, 0.5) is 0 Å². The fourth-order valence-electron chi connectivity index (χ4n) is 2.76. The summed E-state index contributed by atoms with van der Waals surface area (Å²) in [6.45, 7) is 2.70. The van der Waals surface area contributed by atoms with E-state index in [-0.39, 0.29) is 5.91 Å². The minimum atomic E-state index is -0.0734. The second-order valence-corrected chi connectivity index (χ2v) is 5.64. The summed E-state index contributed by atoms with van der Waals surface area (Å²) < 4.78 is 5.34. The zero-order valence-corrected chi connectivity index (χ0v) is 13.9. The highest BCUT2D eigenvalue weighted by Crippen LogP contribution is 2.20. The minimum absolute atomic E-state index is 0.0734. The maximum atomic E-state index is 12.3. The largest absolute Gasteiger partial charge is 0.496 e. The number of aromatic amines is 1. The van der Waals surface area contributed by atoms with E-state index in [1.165, 1.54) is 11.1 Å². The van der Waals surface area contributed by atoms with Crippen molar-refractivity contribution in [2.45, 2.75) is 19.8 Å². The van der Waals surface area contributed by atoms with Crippen LogP contribution in [0.3, 0.4) is 0 Å². The molecule has 0 aliphatic carbocycles. The Bertz CT molecular complexity index is 855. The van der Waals surface area contributed by atoms with Gasteiger partial charge in [-0.15, -0.1) is 0 Å². The Kier molecular flexibility index (Phi) is 4.79. The first-order valence-electron chi connectivity index (χ1n) is 8.08. The van der Waals surface area contributed by atoms with Gasteiger partial charge >= 0.3 is 0 Å². The number of carbonyl (C=O) groups is 1. The SMILES string of the molecule is CCc1cc(CCNC(=O)c2ccc3nc[nH]c3c2)ccc1OC. The van der Waals surface area contributed by atoms with Gasteiger partial charge in [0.25, 0.3) is 5.91 Å². The number of aromatic nitrogens is 2. The van der Waals surface area contributed by atoms with E-state index in [4.69, 9.17) is 4.74 Å². The highest BCUT2D eigenvalue weighted by Gasteiger charge is 2.08. The Hall–Kier alpha value is -2.82. The normalized spacial score (nSPS) is 10.8. The number of methoxy groups -OCH3 is 1. The zero-order valence-electron chi connectivity index (χ0n) is 13.9. The number of amides is 1. The van der Waals surface area contributed by atoms with Crippen LogP contribution in [0.15, 0.2) is 42.7 Å². The lowest BCUT2D eigenvalue weighted by Crippen LogP contribution is -2.25. The summed E-state index contributed by atoms with van der Waals surface area (Å²) in [7, 11) is 1.69. The average molecular weight is 323 g/mol. The molecule has 0 atom stereocenters. The van der Waals surface area contributed by atoms with Gasteiger partial charge in [0.2, 0.25) is 0 Å². The molecule has 0 fully saturated rings. The van der Waals surface area contributed by atoms with E-state index in [0.29, 0.717) is 12.1 Å². The van der Waals surface area contributed by atoms with Crippen molar-refractivity contribution in [3.63, 3.8) is 0 Å². The van der Waals surface area contributed by atoms with Crippen LogP contribution in [0, 0.1) is 0 Å². The number of aryl methyl sites for hydroxylation is 1.